The van der Waals surface area contributed by atoms with E-state index in [9.17, 15) is 0 Å². The quantitative estimate of drug-likeness (QED) is 0.662. The summed E-state index contributed by atoms with van der Waals surface area (Å²) in [6.07, 6.45) is 0.206. The van der Waals surface area contributed by atoms with Crippen molar-refractivity contribution in [3.8, 4) is 6.07 Å². The van der Waals surface area contributed by atoms with Gasteiger partial charge in [-0.25, -0.2) is 0 Å². The number of benzene rings is 1. The summed E-state index contributed by atoms with van der Waals surface area (Å²) in [5.41, 5.74) is 0.743. The fourth-order valence-corrected chi connectivity index (χ4v) is 1.93. The fraction of sp³-hybridized carbons (Fsp3) is 0.111. The van der Waals surface area contributed by atoms with E-state index in [1.807, 2.05) is 24.3 Å². The van der Waals surface area contributed by atoms with Gasteiger partial charge in [0, 0.05) is 3.57 Å². The Balaban J connectivity index is 2.78. The summed E-state index contributed by atoms with van der Waals surface area (Å²) in [4.78, 5) is 0.482. The van der Waals surface area contributed by atoms with Crippen LogP contribution < -0.4 is 5.32 Å². The van der Waals surface area contributed by atoms with Crippen molar-refractivity contribution >= 4 is 57.1 Å². The van der Waals surface area contributed by atoms with Crippen LogP contribution in [-0.4, -0.2) is 4.99 Å². The maximum atomic E-state index is 8.42. The molecule has 1 rings (SSSR count). The van der Waals surface area contributed by atoms with Gasteiger partial charge >= 0.3 is 0 Å². The van der Waals surface area contributed by atoms with Gasteiger partial charge in [-0.2, -0.15) is 5.26 Å². The Kier molecular flexibility index (Phi) is 4.58. The Morgan fingerprint density at radius 1 is 1.64 bits per heavy atom. The van der Waals surface area contributed by atoms with Crippen molar-refractivity contribution in [2.24, 2.45) is 0 Å². The molecule has 5 heteroatoms. The number of hydrogen-bond donors (Lipinski definition) is 1. The number of nitrogens with zero attached hydrogens (tertiary/aromatic N) is 1. The molecule has 72 valence electrons. The Morgan fingerprint density at radius 2 is 2.36 bits per heavy atom. The van der Waals surface area contributed by atoms with E-state index < -0.39 is 0 Å². The molecule has 0 bridgehead atoms. The van der Waals surface area contributed by atoms with E-state index in [1.165, 1.54) is 0 Å². The molecule has 0 saturated heterocycles. The third kappa shape index (κ3) is 3.40. The van der Waals surface area contributed by atoms with E-state index in [-0.39, 0.29) is 6.42 Å². The highest BCUT2D eigenvalue weighted by molar-refractivity contribution is 14.1. The van der Waals surface area contributed by atoms with Gasteiger partial charge in [-0.15, -0.1) is 0 Å². The highest BCUT2D eigenvalue weighted by atomic mass is 127. The normalized spacial score (nSPS) is 9.21. The van der Waals surface area contributed by atoms with Gasteiger partial charge in [0.1, 0.15) is 0 Å². The summed E-state index contributed by atoms with van der Waals surface area (Å²) in [6.45, 7) is 0. The molecule has 0 amide bonds. The molecule has 0 radical (unpaired) electrons. The maximum Gasteiger partial charge on any atom is 0.0940 e. The fourth-order valence-electron chi connectivity index (χ4n) is 0.857. The van der Waals surface area contributed by atoms with Crippen LogP contribution in [0.3, 0.4) is 0 Å². The minimum atomic E-state index is 0.206. The van der Waals surface area contributed by atoms with Gasteiger partial charge in [0.05, 0.1) is 28.2 Å². The van der Waals surface area contributed by atoms with Crippen molar-refractivity contribution in [1.82, 2.24) is 0 Å². The summed E-state index contributed by atoms with van der Waals surface area (Å²) < 4.78 is 1.06. The number of halogens is 2. The van der Waals surface area contributed by atoms with Crippen molar-refractivity contribution in [3.63, 3.8) is 0 Å². The minimum Gasteiger partial charge on any atom is -0.348 e. The molecule has 1 N–H and O–H groups in total. The van der Waals surface area contributed by atoms with Crippen LogP contribution in [0.5, 0.6) is 0 Å². The molecule has 0 aliphatic carbocycles. The third-order valence-corrected chi connectivity index (χ3v) is 2.67. The third-order valence-electron chi connectivity index (χ3n) is 1.44. The highest BCUT2D eigenvalue weighted by Crippen LogP contribution is 2.23. The van der Waals surface area contributed by atoms with Gasteiger partial charge in [-0.3, -0.25) is 0 Å². The van der Waals surface area contributed by atoms with E-state index in [4.69, 9.17) is 29.1 Å². The summed E-state index contributed by atoms with van der Waals surface area (Å²) in [5, 5.41) is 11.9. The van der Waals surface area contributed by atoms with E-state index in [0.717, 1.165) is 9.26 Å². The van der Waals surface area contributed by atoms with Crippen molar-refractivity contribution in [1.29, 1.82) is 5.26 Å². The second-order valence-corrected chi connectivity index (χ2v) is 4.65. The molecule has 14 heavy (non-hydrogen) atoms. The largest absolute Gasteiger partial charge is 0.348 e. The van der Waals surface area contributed by atoms with E-state index >= 15 is 0 Å². The molecule has 0 aliphatic rings. The van der Waals surface area contributed by atoms with Gasteiger partial charge < -0.3 is 5.32 Å². The number of hydrogen-bond acceptors (Lipinski definition) is 2. The Labute approximate surface area is 106 Å². The zero-order chi connectivity index (χ0) is 10.6. The van der Waals surface area contributed by atoms with E-state index in [0.29, 0.717) is 10.0 Å². The SMILES string of the molecule is N#CCC(=S)Nc1ccc(I)cc1Cl. The van der Waals surface area contributed by atoms with Crippen LogP contribution >= 0.6 is 46.4 Å². The number of nitrogens with one attached hydrogen (secondary N) is 1. The molecule has 0 aromatic heterocycles. The summed E-state index contributed by atoms with van der Waals surface area (Å²) in [7, 11) is 0. The van der Waals surface area contributed by atoms with Crippen molar-refractivity contribution in [3.05, 3.63) is 26.8 Å². The van der Waals surface area contributed by atoms with E-state index in [1.54, 1.807) is 0 Å². The topological polar surface area (TPSA) is 35.8 Å². The van der Waals surface area contributed by atoms with Gasteiger partial charge in [-0.05, 0) is 40.8 Å². The standard InChI is InChI=1S/C9H6ClIN2S/c10-7-5-6(11)1-2-8(7)13-9(14)3-4-12/h1-2,5H,3H2,(H,13,14). The highest BCUT2D eigenvalue weighted by Gasteiger charge is 2.02. The lowest BCUT2D eigenvalue weighted by atomic mass is 10.3. The number of anilines is 1. The van der Waals surface area contributed by atoms with Crippen LogP contribution in [-0.2, 0) is 0 Å². The summed E-state index contributed by atoms with van der Waals surface area (Å²) in [6, 6.07) is 7.56. The second kappa shape index (κ2) is 5.49. The first-order chi connectivity index (χ1) is 6.63. The lowest BCUT2D eigenvalue weighted by molar-refractivity contribution is 1.41. The average molecular weight is 337 g/mol. The summed E-state index contributed by atoms with van der Waals surface area (Å²) >= 11 is 13.1. The molecule has 0 unspecified atom stereocenters. The first-order valence-electron chi connectivity index (χ1n) is 3.75. The first kappa shape index (κ1) is 11.7. The zero-order valence-electron chi connectivity index (χ0n) is 7.05. The van der Waals surface area contributed by atoms with Crippen LogP contribution in [0.1, 0.15) is 6.42 Å². The monoisotopic (exact) mass is 336 g/mol. The molecular formula is C9H6ClIN2S. The smallest absolute Gasteiger partial charge is 0.0940 e. The van der Waals surface area contributed by atoms with Crippen molar-refractivity contribution < 1.29 is 0 Å². The van der Waals surface area contributed by atoms with Crippen LogP contribution in [0.4, 0.5) is 5.69 Å². The predicted molar refractivity (Wildman–Crippen MR) is 70.6 cm³/mol. The van der Waals surface area contributed by atoms with Crippen LogP contribution in [0, 0.1) is 14.9 Å². The summed E-state index contributed by atoms with van der Waals surface area (Å²) in [5.74, 6) is 0. The molecule has 0 atom stereocenters. The molecule has 0 saturated carbocycles. The number of nitriles is 1. The Morgan fingerprint density at radius 3 is 2.93 bits per heavy atom. The maximum absolute atomic E-state index is 8.42. The lowest BCUT2D eigenvalue weighted by Gasteiger charge is -2.07. The molecule has 0 heterocycles. The predicted octanol–water partition coefficient (Wildman–Crippen LogP) is 3.60. The Hall–Kier alpha value is -0.380. The number of rotatable bonds is 2. The van der Waals surface area contributed by atoms with Crippen LogP contribution in [0.25, 0.3) is 0 Å². The first-order valence-corrected chi connectivity index (χ1v) is 5.62. The van der Waals surface area contributed by atoms with Gasteiger partial charge in [0.2, 0.25) is 0 Å². The van der Waals surface area contributed by atoms with Gasteiger partial charge in [-0.1, -0.05) is 23.8 Å². The van der Waals surface area contributed by atoms with E-state index in [2.05, 4.69) is 27.9 Å². The molecule has 2 nitrogen and oxygen atoms in total. The van der Waals surface area contributed by atoms with Crippen molar-refractivity contribution in [2.75, 3.05) is 5.32 Å². The molecular weight excluding hydrogens is 331 g/mol. The number of thiocarbonyl (C=S) groups is 1. The molecule has 1 aromatic carbocycles. The van der Waals surface area contributed by atoms with Crippen molar-refractivity contribution in [2.45, 2.75) is 6.42 Å². The zero-order valence-corrected chi connectivity index (χ0v) is 10.8. The van der Waals surface area contributed by atoms with Crippen LogP contribution in [0.15, 0.2) is 18.2 Å². The van der Waals surface area contributed by atoms with Gasteiger partial charge in [0.25, 0.3) is 0 Å². The lowest BCUT2D eigenvalue weighted by Crippen LogP contribution is -2.07. The molecule has 1 aromatic rings. The van der Waals surface area contributed by atoms with Gasteiger partial charge in [0.15, 0.2) is 0 Å². The average Bonchev–Trinajstić information content (AvgIpc) is 2.10. The molecule has 0 spiro atoms. The minimum absolute atomic E-state index is 0.206. The molecule has 0 fully saturated rings. The molecule has 0 aliphatic heterocycles. The second-order valence-electron chi connectivity index (χ2n) is 2.51. The van der Waals surface area contributed by atoms with Crippen LogP contribution in [0.2, 0.25) is 5.02 Å². The Bertz CT molecular complexity index is 400.